The maximum atomic E-state index is 11.6. The van der Waals surface area contributed by atoms with E-state index in [0.717, 1.165) is 18.5 Å². The average Bonchev–Trinajstić information content (AvgIpc) is 2.62. The van der Waals surface area contributed by atoms with Gasteiger partial charge in [0.15, 0.2) is 5.82 Å². The molecule has 0 saturated heterocycles. The van der Waals surface area contributed by atoms with Crippen molar-refractivity contribution in [2.24, 2.45) is 0 Å². The molecule has 1 aliphatic carbocycles. The van der Waals surface area contributed by atoms with Crippen LogP contribution in [0.3, 0.4) is 0 Å². The normalized spacial score (nSPS) is 14.9. The van der Waals surface area contributed by atoms with E-state index >= 15 is 0 Å². The molecule has 0 unspecified atom stereocenters. The van der Waals surface area contributed by atoms with Crippen LogP contribution in [0.4, 0.5) is 17.5 Å². The summed E-state index contributed by atoms with van der Waals surface area (Å²) < 4.78 is 4.73. The quantitative estimate of drug-likeness (QED) is 0.815. The molecule has 2 N–H and O–H groups in total. The molecule has 0 amide bonds. The molecule has 0 spiro atoms. The van der Waals surface area contributed by atoms with E-state index in [2.05, 4.69) is 25.8 Å². The number of carbonyl (C=O) groups excluding carboxylic acids is 1. The highest BCUT2D eigenvalue weighted by Crippen LogP contribution is 2.21. The third-order valence-corrected chi connectivity index (χ3v) is 4.05. The van der Waals surface area contributed by atoms with Crippen LogP contribution in [-0.2, 0) is 4.74 Å². The second-order valence-electron chi connectivity index (χ2n) is 5.84. The minimum atomic E-state index is -0.376. The van der Waals surface area contributed by atoms with Crippen molar-refractivity contribution >= 4 is 23.4 Å². The van der Waals surface area contributed by atoms with Crippen LogP contribution in [0.5, 0.6) is 0 Å². The fourth-order valence-corrected chi connectivity index (χ4v) is 2.84. The summed E-state index contributed by atoms with van der Waals surface area (Å²) in [6.07, 6.45) is 7.61. The van der Waals surface area contributed by atoms with E-state index in [4.69, 9.17) is 4.74 Å². The van der Waals surface area contributed by atoms with Gasteiger partial charge in [0.05, 0.1) is 18.9 Å². The van der Waals surface area contributed by atoms with Crippen molar-refractivity contribution in [3.63, 3.8) is 0 Å². The first-order valence-corrected chi connectivity index (χ1v) is 8.16. The molecular formula is C17H21N5O2. The first kappa shape index (κ1) is 16.2. The first-order valence-electron chi connectivity index (χ1n) is 8.16. The molecule has 7 heteroatoms. The molecule has 1 fully saturated rings. The molecule has 1 heterocycles. The molecule has 1 aliphatic rings. The average molecular weight is 327 g/mol. The van der Waals surface area contributed by atoms with Crippen LogP contribution in [-0.4, -0.2) is 34.3 Å². The van der Waals surface area contributed by atoms with Crippen LogP contribution in [0.1, 0.15) is 42.5 Å². The molecule has 126 valence electrons. The molecule has 0 aliphatic heterocycles. The Balaban J connectivity index is 1.69. The van der Waals surface area contributed by atoms with Gasteiger partial charge < -0.3 is 15.4 Å². The Morgan fingerprint density at radius 3 is 2.88 bits per heavy atom. The number of anilines is 3. The Kier molecular flexibility index (Phi) is 5.20. The molecule has 1 aromatic heterocycles. The highest BCUT2D eigenvalue weighted by molar-refractivity contribution is 5.90. The zero-order valence-electron chi connectivity index (χ0n) is 13.7. The Morgan fingerprint density at radius 1 is 1.25 bits per heavy atom. The first-order chi connectivity index (χ1) is 11.7. The number of nitrogens with zero attached hydrogens (tertiary/aromatic N) is 3. The number of hydrogen-bond donors (Lipinski definition) is 2. The largest absolute Gasteiger partial charge is 0.465 e. The number of methoxy groups -OCH3 is 1. The minimum absolute atomic E-state index is 0.376. The van der Waals surface area contributed by atoms with Gasteiger partial charge in [0.2, 0.25) is 5.95 Å². The van der Waals surface area contributed by atoms with Gasteiger partial charge in [0.1, 0.15) is 0 Å². The van der Waals surface area contributed by atoms with Gasteiger partial charge in [-0.05, 0) is 31.0 Å². The summed E-state index contributed by atoms with van der Waals surface area (Å²) in [6, 6.07) is 7.46. The van der Waals surface area contributed by atoms with Crippen molar-refractivity contribution < 1.29 is 9.53 Å². The molecule has 3 rings (SSSR count). The zero-order chi connectivity index (χ0) is 16.8. The molecule has 1 aromatic carbocycles. The fourth-order valence-electron chi connectivity index (χ4n) is 2.84. The predicted octanol–water partition coefficient (Wildman–Crippen LogP) is 3.15. The summed E-state index contributed by atoms with van der Waals surface area (Å²) in [6.45, 7) is 0. The van der Waals surface area contributed by atoms with Gasteiger partial charge in [-0.1, -0.05) is 25.3 Å². The van der Waals surface area contributed by atoms with Gasteiger partial charge in [0.25, 0.3) is 0 Å². The maximum Gasteiger partial charge on any atom is 0.337 e. The fraction of sp³-hybridized carbons (Fsp3) is 0.412. The third-order valence-electron chi connectivity index (χ3n) is 4.05. The van der Waals surface area contributed by atoms with Crippen molar-refractivity contribution in [3.8, 4) is 0 Å². The lowest BCUT2D eigenvalue weighted by Crippen LogP contribution is -2.23. The molecule has 7 nitrogen and oxygen atoms in total. The van der Waals surface area contributed by atoms with Crippen molar-refractivity contribution in [1.82, 2.24) is 15.2 Å². The monoisotopic (exact) mass is 327 g/mol. The second kappa shape index (κ2) is 7.72. The Bertz CT molecular complexity index is 701. The third kappa shape index (κ3) is 4.18. The van der Waals surface area contributed by atoms with E-state index in [1.165, 1.54) is 26.4 Å². The van der Waals surface area contributed by atoms with Crippen LogP contribution in [0, 0.1) is 0 Å². The summed E-state index contributed by atoms with van der Waals surface area (Å²) in [5.74, 6) is 0.723. The van der Waals surface area contributed by atoms with Crippen LogP contribution in [0.2, 0.25) is 0 Å². The van der Waals surface area contributed by atoms with Gasteiger partial charge >= 0.3 is 5.97 Å². The molecule has 1 saturated carbocycles. The van der Waals surface area contributed by atoms with Crippen LogP contribution < -0.4 is 10.6 Å². The number of nitrogens with one attached hydrogen (secondary N) is 2. The summed E-state index contributed by atoms with van der Waals surface area (Å²) >= 11 is 0. The van der Waals surface area contributed by atoms with Gasteiger partial charge in [-0.25, -0.2) is 4.79 Å². The van der Waals surface area contributed by atoms with Crippen LogP contribution in [0.15, 0.2) is 30.5 Å². The van der Waals surface area contributed by atoms with E-state index in [1.807, 2.05) is 6.07 Å². The highest BCUT2D eigenvalue weighted by Gasteiger charge is 2.14. The highest BCUT2D eigenvalue weighted by atomic mass is 16.5. The van der Waals surface area contributed by atoms with Crippen molar-refractivity contribution in [1.29, 1.82) is 0 Å². The number of esters is 1. The lowest BCUT2D eigenvalue weighted by molar-refractivity contribution is 0.0601. The molecule has 0 atom stereocenters. The summed E-state index contributed by atoms with van der Waals surface area (Å²) in [5.41, 5.74) is 1.21. The maximum absolute atomic E-state index is 11.6. The van der Waals surface area contributed by atoms with Gasteiger partial charge in [-0.15, -0.1) is 5.10 Å². The van der Waals surface area contributed by atoms with Crippen molar-refractivity contribution in [3.05, 3.63) is 36.0 Å². The topological polar surface area (TPSA) is 89.0 Å². The molecular weight excluding hydrogens is 306 g/mol. The molecule has 0 bridgehead atoms. The minimum Gasteiger partial charge on any atom is -0.465 e. The number of ether oxygens (including phenoxy) is 1. The van der Waals surface area contributed by atoms with E-state index < -0.39 is 0 Å². The number of benzene rings is 1. The van der Waals surface area contributed by atoms with E-state index in [9.17, 15) is 4.79 Å². The SMILES string of the molecule is COC(=O)c1cccc(Nc2cnnc(NC3CCCCC3)n2)c1. The molecule has 0 radical (unpaired) electrons. The summed E-state index contributed by atoms with van der Waals surface area (Å²) in [5, 5.41) is 14.5. The second-order valence-corrected chi connectivity index (χ2v) is 5.84. The number of hydrogen-bond acceptors (Lipinski definition) is 7. The smallest absolute Gasteiger partial charge is 0.337 e. The van der Waals surface area contributed by atoms with Gasteiger partial charge in [-0.2, -0.15) is 10.1 Å². The lowest BCUT2D eigenvalue weighted by atomic mass is 9.96. The predicted molar refractivity (Wildman–Crippen MR) is 91.4 cm³/mol. The lowest BCUT2D eigenvalue weighted by Gasteiger charge is -2.22. The summed E-state index contributed by atoms with van der Waals surface area (Å²) in [4.78, 5) is 16.0. The molecule has 2 aromatic rings. The van der Waals surface area contributed by atoms with E-state index in [1.54, 1.807) is 24.4 Å². The van der Waals surface area contributed by atoms with E-state index in [0.29, 0.717) is 23.4 Å². The Hall–Kier alpha value is -2.70. The molecule has 24 heavy (non-hydrogen) atoms. The van der Waals surface area contributed by atoms with Crippen LogP contribution >= 0.6 is 0 Å². The number of rotatable bonds is 5. The van der Waals surface area contributed by atoms with E-state index in [-0.39, 0.29) is 5.97 Å². The number of aromatic nitrogens is 3. The Labute approximate surface area is 140 Å². The Morgan fingerprint density at radius 2 is 2.08 bits per heavy atom. The number of carbonyl (C=O) groups is 1. The van der Waals surface area contributed by atoms with Crippen molar-refractivity contribution in [2.45, 2.75) is 38.1 Å². The zero-order valence-corrected chi connectivity index (χ0v) is 13.7. The standard InChI is InChI=1S/C17H21N5O2/c1-24-16(23)12-6-5-9-14(10-12)19-15-11-18-22-17(21-15)20-13-7-3-2-4-8-13/h5-6,9-11,13H,2-4,7-8H2,1H3,(H2,19,20,21,22). The van der Waals surface area contributed by atoms with Gasteiger partial charge in [-0.3, -0.25) is 0 Å². The van der Waals surface area contributed by atoms with Gasteiger partial charge in [0, 0.05) is 11.7 Å². The van der Waals surface area contributed by atoms with Crippen molar-refractivity contribution in [2.75, 3.05) is 17.7 Å². The summed E-state index contributed by atoms with van der Waals surface area (Å²) in [7, 11) is 1.36. The van der Waals surface area contributed by atoms with Crippen LogP contribution in [0.25, 0.3) is 0 Å².